The second-order valence-electron chi connectivity index (χ2n) is 7.00. The summed E-state index contributed by atoms with van der Waals surface area (Å²) in [6.45, 7) is 3.13. The fourth-order valence-electron chi connectivity index (χ4n) is 3.79. The molecule has 0 heterocycles. The van der Waals surface area contributed by atoms with Gasteiger partial charge in [0.1, 0.15) is 0 Å². The number of carboxylic acids is 1. The maximum absolute atomic E-state index is 10.9. The average Bonchev–Trinajstić information content (AvgIpc) is 2.60. The van der Waals surface area contributed by atoms with Gasteiger partial charge < -0.3 is 10.4 Å². The summed E-state index contributed by atoms with van der Waals surface area (Å²) < 4.78 is 0. The Morgan fingerprint density at radius 1 is 1.04 bits per heavy atom. The van der Waals surface area contributed by atoms with Crippen molar-refractivity contribution in [2.45, 2.75) is 44.7 Å². The van der Waals surface area contributed by atoms with Gasteiger partial charge in [-0.25, -0.2) is 4.79 Å². The first-order chi connectivity index (χ1) is 11.6. The summed E-state index contributed by atoms with van der Waals surface area (Å²) >= 11 is 0. The van der Waals surface area contributed by atoms with Gasteiger partial charge in [-0.1, -0.05) is 49.4 Å². The fourth-order valence-corrected chi connectivity index (χ4v) is 3.79. The highest BCUT2D eigenvalue weighted by Gasteiger charge is 2.27. The molecule has 3 rings (SSSR count). The smallest absolute Gasteiger partial charge is 0.335 e. The summed E-state index contributed by atoms with van der Waals surface area (Å²) in [5, 5.41) is 12.6. The normalized spacial score (nSPS) is 23.8. The first kappa shape index (κ1) is 16.7. The number of nitrogens with one attached hydrogen (secondary N) is 1. The van der Waals surface area contributed by atoms with Crippen LogP contribution in [-0.4, -0.2) is 17.1 Å². The molecule has 0 aliphatic heterocycles. The number of benzene rings is 2. The Hall–Kier alpha value is -2.13. The zero-order valence-electron chi connectivity index (χ0n) is 14.1. The molecule has 0 saturated heterocycles. The van der Waals surface area contributed by atoms with Crippen LogP contribution in [0.1, 0.15) is 53.6 Å². The first-order valence-corrected chi connectivity index (χ1v) is 8.72. The maximum atomic E-state index is 10.9. The van der Waals surface area contributed by atoms with Crippen LogP contribution in [0.2, 0.25) is 0 Å². The molecule has 3 unspecified atom stereocenters. The molecule has 3 nitrogen and oxygen atoms in total. The van der Waals surface area contributed by atoms with E-state index in [-0.39, 0.29) is 0 Å². The van der Waals surface area contributed by atoms with Gasteiger partial charge in [0.05, 0.1) is 5.56 Å². The third-order valence-corrected chi connectivity index (χ3v) is 5.01. The van der Waals surface area contributed by atoms with E-state index < -0.39 is 5.97 Å². The lowest BCUT2D eigenvalue weighted by Gasteiger charge is -2.34. The molecule has 1 aliphatic carbocycles. The lowest BCUT2D eigenvalue weighted by Crippen LogP contribution is -2.35. The summed E-state index contributed by atoms with van der Waals surface area (Å²) in [6, 6.07) is 18.5. The molecule has 0 radical (unpaired) electrons. The monoisotopic (exact) mass is 323 g/mol. The number of hydrogen-bond donors (Lipinski definition) is 2. The van der Waals surface area contributed by atoms with Crippen LogP contribution in [0.25, 0.3) is 0 Å². The molecule has 0 spiro atoms. The second kappa shape index (κ2) is 7.63. The van der Waals surface area contributed by atoms with Crippen LogP contribution in [0.5, 0.6) is 0 Å². The van der Waals surface area contributed by atoms with Crippen molar-refractivity contribution >= 4 is 5.97 Å². The van der Waals surface area contributed by atoms with Gasteiger partial charge in [-0.05, 0) is 54.4 Å². The predicted molar refractivity (Wildman–Crippen MR) is 96.2 cm³/mol. The predicted octanol–water partition coefficient (Wildman–Crippen LogP) is 4.45. The average molecular weight is 323 g/mol. The number of carboxylic acid groups (broad SMARTS) is 1. The molecule has 126 valence electrons. The summed E-state index contributed by atoms with van der Waals surface area (Å²) in [7, 11) is 0. The minimum absolute atomic E-state index is 0.342. The van der Waals surface area contributed by atoms with Crippen molar-refractivity contribution in [1.29, 1.82) is 0 Å². The van der Waals surface area contributed by atoms with Gasteiger partial charge in [-0.2, -0.15) is 0 Å². The standard InChI is InChI=1S/C21H25NO2/c1-15-11-19(17-5-3-2-4-6-17)13-20(12-15)22-14-16-7-9-18(10-8-16)21(23)24/h2-10,15,19-20,22H,11-14H2,1H3,(H,23,24). The maximum Gasteiger partial charge on any atom is 0.335 e. The van der Waals surface area contributed by atoms with Crippen molar-refractivity contribution in [3.63, 3.8) is 0 Å². The second-order valence-corrected chi connectivity index (χ2v) is 7.00. The Balaban J connectivity index is 1.59. The van der Waals surface area contributed by atoms with E-state index in [1.807, 2.05) is 12.1 Å². The molecule has 0 amide bonds. The van der Waals surface area contributed by atoms with E-state index in [0.717, 1.165) is 18.0 Å². The van der Waals surface area contributed by atoms with Crippen LogP contribution in [0.15, 0.2) is 54.6 Å². The largest absolute Gasteiger partial charge is 0.478 e. The summed E-state index contributed by atoms with van der Waals surface area (Å²) in [5.41, 5.74) is 2.92. The number of carbonyl (C=O) groups is 1. The highest BCUT2D eigenvalue weighted by Crippen LogP contribution is 2.36. The lowest BCUT2D eigenvalue weighted by atomic mass is 9.76. The van der Waals surface area contributed by atoms with Gasteiger partial charge in [0.15, 0.2) is 0 Å². The van der Waals surface area contributed by atoms with E-state index >= 15 is 0 Å². The minimum atomic E-state index is -0.874. The third-order valence-electron chi connectivity index (χ3n) is 5.01. The molecule has 2 aromatic rings. The topological polar surface area (TPSA) is 49.3 Å². The Labute approximate surface area is 143 Å². The molecule has 0 bridgehead atoms. The van der Waals surface area contributed by atoms with E-state index in [1.54, 1.807) is 12.1 Å². The van der Waals surface area contributed by atoms with Gasteiger partial charge in [0.2, 0.25) is 0 Å². The Morgan fingerprint density at radius 2 is 1.75 bits per heavy atom. The first-order valence-electron chi connectivity index (χ1n) is 8.72. The molecule has 1 fully saturated rings. The van der Waals surface area contributed by atoms with Gasteiger partial charge in [-0.15, -0.1) is 0 Å². The van der Waals surface area contributed by atoms with Crippen molar-refractivity contribution in [2.75, 3.05) is 0 Å². The molecule has 3 heteroatoms. The van der Waals surface area contributed by atoms with Crippen LogP contribution in [0, 0.1) is 5.92 Å². The number of hydrogen-bond acceptors (Lipinski definition) is 2. The number of rotatable bonds is 5. The van der Waals surface area contributed by atoms with Crippen molar-refractivity contribution in [1.82, 2.24) is 5.32 Å². The molecule has 3 atom stereocenters. The summed E-state index contributed by atoms with van der Waals surface area (Å²) in [6.07, 6.45) is 3.63. The Morgan fingerprint density at radius 3 is 2.42 bits per heavy atom. The Kier molecular flexibility index (Phi) is 5.31. The Bertz CT molecular complexity index is 666. The quantitative estimate of drug-likeness (QED) is 0.855. The molecule has 2 aromatic carbocycles. The molecule has 1 aliphatic rings. The van der Waals surface area contributed by atoms with Crippen molar-refractivity contribution in [3.05, 3.63) is 71.3 Å². The molecular formula is C21H25NO2. The van der Waals surface area contributed by atoms with Crippen molar-refractivity contribution in [3.8, 4) is 0 Å². The van der Waals surface area contributed by atoms with Gasteiger partial charge in [-0.3, -0.25) is 0 Å². The van der Waals surface area contributed by atoms with E-state index in [4.69, 9.17) is 5.11 Å². The lowest BCUT2D eigenvalue weighted by molar-refractivity contribution is 0.0697. The zero-order valence-corrected chi connectivity index (χ0v) is 14.1. The fraction of sp³-hybridized carbons (Fsp3) is 0.381. The van der Waals surface area contributed by atoms with Crippen LogP contribution in [0.4, 0.5) is 0 Å². The SMILES string of the molecule is CC1CC(NCc2ccc(C(=O)O)cc2)CC(c2ccccc2)C1. The number of aromatic carboxylic acids is 1. The molecular weight excluding hydrogens is 298 g/mol. The van der Waals surface area contributed by atoms with E-state index in [1.165, 1.54) is 24.8 Å². The summed E-state index contributed by atoms with van der Waals surface area (Å²) in [4.78, 5) is 10.9. The van der Waals surface area contributed by atoms with Crippen LogP contribution in [0.3, 0.4) is 0 Å². The van der Waals surface area contributed by atoms with Gasteiger partial charge >= 0.3 is 5.97 Å². The molecule has 2 N–H and O–H groups in total. The van der Waals surface area contributed by atoms with Crippen molar-refractivity contribution < 1.29 is 9.90 Å². The van der Waals surface area contributed by atoms with Crippen LogP contribution >= 0.6 is 0 Å². The molecule has 24 heavy (non-hydrogen) atoms. The van der Waals surface area contributed by atoms with E-state index in [0.29, 0.717) is 17.5 Å². The van der Waals surface area contributed by atoms with E-state index in [9.17, 15) is 4.79 Å². The van der Waals surface area contributed by atoms with Gasteiger partial charge in [0, 0.05) is 12.6 Å². The minimum Gasteiger partial charge on any atom is -0.478 e. The third kappa shape index (κ3) is 4.24. The van der Waals surface area contributed by atoms with Gasteiger partial charge in [0.25, 0.3) is 0 Å². The van der Waals surface area contributed by atoms with Crippen LogP contribution < -0.4 is 5.32 Å². The molecule has 0 aromatic heterocycles. The summed E-state index contributed by atoms with van der Waals surface area (Å²) in [5.74, 6) is 0.471. The van der Waals surface area contributed by atoms with E-state index in [2.05, 4.69) is 42.6 Å². The molecule has 1 saturated carbocycles. The highest BCUT2D eigenvalue weighted by atomic mass is 16.4. The van der Waals surface area contributed by atoms with Crippen molar-refractivity contribution in [2.24, 2.45) is 5.92 Å². The highest BCUT2D eigenvalue weighted by molar-refractivity contribution is 5.87. The zero-order chi connectivity index (χ0) is 16.9. The van der Waals surface area contributed by atoms with Crippen LogP contribution in [-0.2, 0) is 6.54 Å².